The van der Waals surface area contributed by atoms with E-state index in [4.69, 9.17) is 0 Å². The summed E-state index contributed by atoms with van der Waals surface area (Å²) >= 11 is 0. The van der Waals surface area contributed by atoms with Gasteiger partial charge in [-0.1, -0.05) is 127 Å². The molecule has 6 aromatic carbocycles. The minimum Gasteiger partial charge on any atom is -0.333 e. The van der Waals surface area contributed by atoms with E-state index in [2.05, 4.69) is 179 Å². The van der Waals surface area contributed by atoms with E-state index in [1.54, 1.807) is 0 Å². The molecule has 2 nitrogen and oxygen atoms in total. The van der Waals surface area contributed by atoms with Gasteiger partial charge in [-0.05, 0) is 75.9 Å². The van der Waals surface area contributed by atoms with Gasteiger partial charge in [0.15, 0.2) is 0 Å². The summed E-state index contributed by atoms with van der Waals surface area (Å²) in [6, 6.07) is 57.4. The van der Waals surface area contributed by atoms with Crippen LogP contribution in [0.15, 0.2) is 164 Å². The predicted octanol–water partition coefficient (Wildman–Crippen LogP) is 10.6. The van der Waals surface area contributed by atoms with Gasteiger partial charge < -0.3 is 9.47 Å². The highest BCUT2D eigenvalue weighted by atomic mass is 15.2. The zero-order chi connectivity index (χ0) is 29.0. The summed E-state index contributed by atoms with van der Waals surface area (Å²) in [5, 5.41) is 1.32. The molecule has 9 rings (SSSR count). The third kappa shape index (κ3) is 3.81. The molecule has 2 heterocycles. The lowest BCUT2D eigenvalue weighted by Crippen LogP contribution is -2.30. The van der Waals surface area contributed by atoms with Crippen LogP contribution in [-0.2, 0) is 0 Å². The van der Waals surface area contributed by atoms with Crippen molar-refractivity contribution in [2.75, 3.05) is 4.90 Å². The molecule has 1 aliphatic carbocycles. The zero-order valence-electron chi connectivity index (χ0n) is 24.2. The molecule has 208 valence electrons. The van der Waals surface area contributed by atoms with Gasteiger partial charge in [0.25, 0.3) is 0 Å². The van der Waals surface area contributed by atoms with Gasteiger partial charge in [0.1, 0.15) is 0 Å². The average Bonchev–Trinajstić information content (AvgIpc) is 3.62. The maximum Gasteiger partial charge on any atom is 0.0637 e. The van der Waals surface area contributed by atoms with Crippen molar-refractivity contribution in [3.63, 3.8) is 0 Å². The number of benzene rings is 6. The number of fused-ring (bicyclic) bond motifs is 7. The first-order chi connectivity index (χ1) is 21.8. The molecule has 0 spiro atoms. The summed E-state index contributed by atoms with van der Waals surface area (Å²) in [4.78, 5) is 2.52. The summed E-state index contributed by atoms with van der Waals surface area (Å²) in [7, 11) is 0. The van der Waals surface area contributed by atoms with Crippen LogP contribution < -0.4 is 4.90 Å². The molecule has 0 fully saturated rings. The van der Waals surface area contributed by atoms with Gasteiger partial charge in [0.05, 0.1) is 17.3 Å². The van der Waals surface area contributed by atoms with Gasteiger partial charge in [0, 0.05) is 28.4 Å². The van der Waals surface area contributed by atoms with Gasteiger partial charge in [-0.2, -0.15) is 0 Å². The number of nitrogens with zero attached hydrogens (tertiary/aromatic N) is 2. The van der Waals surface area contributed by atoms with Crippen LogP contribution in [-0.4, -0.2) is 10.6 Å². The molecule has 2 heteroatoms. The molecular formula is C42H30N2. The van der Waals surface area contributed by atoms with E-state index >= 15 is 0 Å². The van der Waals surface area contributed by atoms with Crippen molar-refractivity contribution < 1.29 is 0 Å². The largest absolute Gasteiger partial charge is 0.333 e. The lowest BCUT2D eigenvalue weighted by Gasteiger charge is -2.31. The fourth-order valence-electron chi connectivity index (χ4n) is 7.44. The second kappa shape index (κ2) is 10.00. The Morgan fingerprint density at radius 2 is 1.09 bits per heavy atom. The molecule has 0 saturated carbocycles. The summed E-state index contributed by atoms with van der Waals surface area (Å²) in [5.74, 6) is 0.242. The second-order valence-electron chi connectivity index (χ2n) is 11.7. The highest BCUT2D eigenvalue weighted by molar-refractivity contribution is 5.94. The highest BCUT2D eigenvalue weighted by Crippen LogP contribution is 2.53. The van der Waals surface area contributed by atoms with Crippen LogP contribution in [0.5, 0.6) is 0 Å². The molecule has 7 aromatic rings. The van der Waals surface area contributed by atoms with Crippen LogP contribution in [0.2, 0.25) is 0 Å². The molecule has 44 heavy (non-hydrogen) atoms. The quantitative estimate of drug-likeness (QED) is 0.207. The SMILES string of the molecule is C1=CC2C(c3ccccc3N2c2ccccc2)c2c1n(-c1cccc(-c3ccc(-c4ccccc4)cc3)c1)c1ccccc21. The van der Waals surface area contributed by atoms with Crippen molar-refractivity contribution >= 4 is 28.4 Å². The molecule has 0 saturated heterocycles. The Morgan fingerprint density at radius 3 is 1.91 bits per heavy atom. The van der Waals surface area contributed by atoms with Crippen molar-refractivity contribution in [1.82, 2.24) is 4.57 Å². The number of aromatic nitrogens is 1. The molecule has 2 aliphatic rings. The first-order valence-corrected chi connectivity index (χ1v) is 15.4. The maximum absolute atomic E-state index is 2.52. The summed E-state index contributed by atoms with van der Waals surface area (Å²) in [6.07, 6.45) is 4.78. The first kappa shape index (κ1) is 24.9. The third-order valence-electron chi connectivity index (χ3n) is 9.35. The molecule has 0 N–H and O–H groups in total. The third-order valence-corrected chi connectivity index (χ3v) is 9.35. The molecular weight excluding hydrogens is 532 g/mol. The number of rotatable bonds is 4. The van der Waals surface area contributed by atoms with Gasteiger partial charge in [-0.3, -0.25) is 0 Å². The fraction of sp³-hybridized carbons (Fsp3) is 0.0476. The highest BCUT2D eigenvalue weighted by Gasteiger charge is 2.43. The molecule has 1 aromatic heterocycles. The Balaban J connectivity index is 1.18. The van der Waals surface area contributed by atoms with E-state index in [0.717, 1.165) is 0 Å². The Hall–Kier alpha value is -5.60. The van der Waals surface area contributed by atoms with E-state index in [-0.39, 0.29) is 12.0 Å². The van der Waals surface area contributed by atoms with Crippen LogP contribution >= 0.6 is 0 Å². The van der Waals surface area contributed by atoms with Crippen LogP contribution in [0.25, 0.3) is 44.9 Å². The van der Waals surface area contributed by atoms with E-state index in [1.807, 2.05) is 0 Å². The first-order valence-electron chi connectivity index (χ1n) is 15.4. The molecule has 0 amide bonds. The van der Waals surface area contributed by atoms with Crippen molar-refractivity contribution in [1.29, 1.82) is 0 Å². The van der Waals surface area contributed by atoms with Crippen molar-refractivity contribution in [3.05, 3.63) is 181 Å². The van der Waals surface area contributed by atoms with Crippen molar-refractivity contribution in [2.45, 2.75) is 12.0 Å². The van der Waals surface area contributed by atoms with E-state index in [1.165, 1.54) is 67.0 Å². The van der Waals surface area contributed by atoms with Gasteiger partial charge >= 0.3 is 0 Å². The smallest absolute Gasteiger partial charge is 0.0637 e. The molecule has 1 aliphatic heterocycles. The minimum absolute atomic E-state index is 0.219. The van der Waals surface area contributed by atoms with Crippen LogP contribution in [0.1, 0.15) is 22.7 Å². The van der Waals surface area contributed by atoms with Gasteiger partial charge in [-0.15, -0.1) is 0 Å². The Kier molecular flexibility index (Phi) is 5.67. The number of hydrogen-bond acceptors (Lipinski definition) is 1. The predicted molar refractivity (Wildman–Crippen MR) is 184 cm³/mol. The monoisotopic (exact) mass is 562 g/mol. The van der Waals surface area contributed by atoms with Crippen LogP contribution in [0.4, 0.5) is 11.4 Å². The Labute approximate surface area is 257 Å². The maximum atomic E-state index is 2.52. The number of anilines is 2. The van der Waals surface area contributed by atoms with Crippen molar-refractivity contribution in [3.8, 4) is 27.9 Å². The number of para-hydroxylation sites is 3. The lowest BCUT2D eigenvalue weighted by molar-refractivity contribution is 0.725. The molecule has 2 unspecified atom stereocenters. The summed E-state index contributed by atoms with van der Waals surface area (Å²) in [5.41, 5.74) is 13.9. The lowest BCUT2D eigenvalue weighted by atomic mass is 9.82. The van der Waals surface area contributed by atoms with E-state index < -0.39 is 0 Å². The minimum atomic E-state index is 0.219. The summed E-state index contributed by atoms with van der Waals surface area (Å²) in [6.45, 7) is 0. The van der Waals surface area contributed by atoms with Crippen LogP contribution in [0, 0.1) is 0 Å². The second-order valence-corrected chi connectivity index (χ2v) is 11.7. The zero-order valence-corrected chi connectivity index (χ0v) is 24.2. The topological polar surface area (TPSA) is 8.17 Å². The molecule has 0 radical (unpaired) electrons. The molecule has 0 bridgehead atoms. The van der Waals surface area contributed by atoms with Crippen molar-refractivity contribution in [2.24, 2.45) is 0 Å². The van der Waals surface area contributed by atoms with E-state index in [0.29, 0.717) is 0 Å². The summed E-state index contributed by atoms with van der Waals surface area (Å²) < 4.78 is 2.47. The Morgan fingerprint density at radius 1 is 0.477 bits per heavy atom. The Bertz CT molecular complexity index is 2170. The molecule has 2 atom stereocenters. The normalized spacial score (nSPS) is 16.5. The standard InChI is InChI=1S/C42H30N2/c1-3-12-29(13-4-1)30-22-24-31(25-23-30)32-14-11-17-34(28-32)44-38-21-10-8-19-36(38)42-40(44)27-26-39-41(42)35-18-7-9-20-37(35)43(39)33-15-5-2-6-16-33/h1-28,39,41H. The fourth-order valence-corrected chi connectivity index (χ4v) is 7.44. The van der Waals surface area contributed by atoms with Gasteiger partial charge in [-0.25, -0.2) is 0 Å². The van der Waals surface area contributed by atoms with Crippen LogP contribution in [0.3, 0.4) is 0 Å². The average molecular weight is 563 g/mol. The number of hydrogen-bond donors (Lipinski definition) is 0. The van der Waals surface area contributed by atoms with Gasteiger partial charge in [0.2, 0.25) is 0 Å². The van der Waals surface area contributed by atoms with E-state index in [9.17, 15) is 0 Å².